The van der Waals surface area contributed by atoms with E-state index in [1.165, 1.54) is 13.5 Å². The Morgan fingerprint density at radius 3 is 2.11 bits per heavy atom. The number of carbonyl (C=O) groups is 2. The highest BCUT2D eigenvalue weighted by Gasteiger charge is 2.53. The number of carbonyl (C=O) groups excluding carboxylic acids is 2. The van der Waals surface area contributed by atoms with Gasteiger partial charge in [0, 0.05) is 72.3 Å². The van der Waals surface area contributed by atoms with E-state index >= 15 is 0 Å². The minimum Gasteiger partial charge on any atom is -0.469 e. The lowest BCUT2D eigenvalue weighted by molar-refractivity contribution is -0.141. The Bertz CT molecular complexity index is 1460. The molecule has 7 heteroatoms. The summed E-state index contributed by atoms with van der Waals surface area (Å²) in [6.45, 7) is 5.88. The van der Waals surface area contributed by atoms with Gasteiger partial charge in [0.1, 0.15) is 11.5 Å². The van der Waals surface area contributed by atoms with Gasteiger partial charge in [-0.2, -0.15) is 0 Å². The van der Waals surface area contributed by atoms with Crippen molar-refractivity contribution in [3.8, 4) is 11.5 Å². The molecule has 1 atom stereocenters. The van der Waals surface area contributed by atoms with Gasteiger partial charge >= 0.3 is 11.9 Å². The Morgan fingerprint density at radius 2 is 1.50 bits per heavy atom. The van der Waals surface area contributed by atoms with E-state index < -0.39 is 5.60 Å². The van der Waals surface area contributed by atoms with Gasteiger partial charge in [-0.1, -0.05) is 25.1 Å². The van der Waals surface area contributed by atoms with Gasteiger partial charge in [0.25, 0.3) is 0 Å². The molecule has 0 radical (unpaired) electrons. The number of nitrogens with zero attached hydrogens (tertiary/aromatic N) is 2. The van der Waals surface area contributed by atoms with Crippen molar-refractivity contribution < 1.29 is 23.8 Å². The fourth-order valence-electron chi connectivity index (χ4n) is 6.31. The number of esters is 2. The fraction of sp³-hybridized carbons (Fsp3) is 0.355. The molecule has 0 N–H and O–H groups in total. The Kier molecular flexibility index (Phi) is 5.18. The van der Waals surface area contributed by atoms with Crippen LogP contribution in [-0.2, 0) is 19.9 Å². The van der Waals surface area contributed by atoms with Gasteiger partial charge in [-0.25, -0.2) is 4.79 Å². The zero-order chi connectivity index (χ0) is 26.0. The van der Waals surface area contributed by atoms with Gasteiger partial charge in [0.05, 0.1) is 19.1 Å². The van der Waals surface area contributed by atoms with Crippen LogP contribution in [0.3, 0.4) is 0 Å². The molecule has 3 aromatic carbocycles. The molecule has 194 valence electrons. The molecular weight excluding hydrogens is 480 g/mol. The zero-order valence-electron chi connectivity index (χ0n) is 21.6. The van der Waals surface area contributed by atoms with Crippen molar-refractivity contribution in [3.63, 3.8) is 0 Å². The highest BCUT2D eigenvalue weighted by Crippen LogP contribution is 2.57. The second-order valence-corrected chi connectivity index (χ2v) is 10.8. The number of hydrogen-bond acceptors (Lipinski definition) is 7. The van der Waals surface area contributed by atoms with Gasteiger partial charge in [0.15, 0.2) is 5.60 Å². The van der Waals surface area contributed by atoms with Crippen molar-refractivity contribution in [2.75, 3.05) is 43.1 Å². The molecule has 0 amide bonds. The molecule has 1 spiro atoms. The molecule has 4 heterocycles. The molecular formula is C31H30N2O5. The van der Waals surface area contributed by atoms with E-state index in [-0.39, 0.29) is 17.9 Å². The van der Waals surface area contributed by atoms with Crippen molar-refractivity contribution >= 4 is 23.3 Å². The summed E-state index contributed by atoms with van der Waals surface area (Å²) in [5, 5.41) is 0. The topological polar surface area (TPSA) is 68.3 Å². The minimum atomic E-state index is -1.06. The first-order chi connectivity index (χ1) is 18.5. The second kappa shape index (κ2) is 8.51. The number of benzene rings is 3. The summed E-state index contributed by atoms with van der Waals surface area (Å²) in [7, 11) is 1.43. The minimum absolute atomic E-state index is 0.174. The van der Waals surface area contributed by atoms with Crippen molar-refractivity contribution in [2.24, 2.45) is 11.8 Å². The lowest BCUT2D eigenvalue weighted by Gasteiger charge is -2.43. The molecule has 4 aliphatic heterocycles. The molecule has 0 saturated carbocycles. The third kappa shape index (κ3) is 3.34. The third-order valence-electron chi connectivity index (χ3n) is 8.59. The average Bonchev–Trinajstić information content (AvgIpc) is 3.17. The van der Waals surface area contributed by atoms with Gasteiger partial charge < -0.3 is 24.0 Å². The molecule has 2 saturated heterocycles. The Hall–Kier alpha value is -4.00. The molecule has 0 aromatic heterocycles. The lowest BCUT2D eigenvalue weighted by Crippen LogP contribution is -2.47. The van der Waals surface area contributed by atoms with Gasteiger partial charge in [0.2, 0.25) is 0 Å². The van der Waals surface area contributed by atoms with E-state index in [0.717, 1.165) is 60.2 Å². The predicted molar refractivity (Wildman–Crippen MR) is 143 cm³/mol. The third-order valence-corrected chi connectivity index (χ3v) is 8.59. The van der Waals surface area contributed by atoms with Crippen LogP contribution in [0.15, 0.2) is 60.7 Å². The summed E-state index contributed by atoms with van der Waals surface area (Å²) in [6.07, 6.45) is 1.61. The highest BCUT2D eigenvalue weighted by molar-refractivity contribution is 5.97. The van der Waals surface area contributed by atoms with Crippen LogP contribution in [0.1, 0.15) is 46.8 Å². The number of hydrogen-bond donors (Lipinski definition) is 0. The summed E-state index contributed by atoms with van der Waals surface area (Å²) < 4.78 is 17.7. The maximum atomic E-state index is 13.1. The maximum Gasteiger partial charge on any atom is 0.340 e. The first kappa shape index (κ1) is 23.1. The molecule has 7 rings (SSSR count). The monoisotopic (exact) mass is 510 g/mol. The number of ether oxygens (including phenoxy) is 3. The van der Waals surface area contributed by atoms with Crippen molar-refractivity contribution in [2.45, 2.75) is 25.4 Å². The molecule has 3 aromatic rings. The maximum absolute atomic E-state index is 13.1. The van der Waals surface area contributed by atoms with Crippen LogP contribution in [0.2, 0.25) is 0 Å². The summed E-state index contributed by atoms with van der Waals surface area (Å²) in [5.41, 5.74) is 4.17. The quantitative estimate of drug-likeness (QED) is 0.443. The summed E-state index contributed by atoms with van der Waals surface area (Å²) >= 11 is 0. The van der Waals surface area contributed by atoms with E-state index in [0.29, 0.717) is 23.5 Å². The Labute approximate surface area is 221 Å². The van der Waals surface area contributed by atoms with E-state index in [4.69, 9.17) is 14.2 Å². The van der Waals surface area contributed by atoms with Gasteiger partial charge in [-0.3, -0.25) is 4.79 Å². The van der Waals surface area contributed by atoms with Crippen LogP contribution in [-0.4, -0.2) is 45.2 Å². The van der Waals surface area contributed by atoms with E-state index in [1.807, 2.05) is 36.4 Å². The number of anilines is 2. The molecule has 2 fully saturated rings. The van der Waals surface area contributed by atoms with Crippen LogP contribution in [0.5, 0.6) is 11.5 Å². The zero-order valence-corrected chi connectivity index (χ0v) is 21.6. The van der Waals surface area contributed by atoms with Crippen molar-refractivity contribution in [3.05, 3.63) is 82.9 Å². The van der Waals surface area contributed by atoms with Crippen LogP contribution < -0.4 is 14.5 Å². The normalized spacial score (nSPS) is 21.6. The van der Waals surface area contributed by atoms with Crippen molar-refractivity contribution in [1.29, 1.82) is 0 Å². The fourth-order valence-corrected chi connectivity index (χ4v) is 6.31. The smallest absolute Gasteiger partial charge is 0.340 e. The number of rotatable bonds is 5. The first-order valence-electron chi connectivity index (χ1n) is 13.4. The highest BCUT2D eigenvalue weighted by atomic mass is 16.6. The first-order valence-corrected chi connectivity index (χ1v) is 13.4. The molecule has 7 nitrogen and oxygen atoms in total. The average molecular weight is 511 g/mol. The van der Waals surface area contributed by atoms with Crippen LogP contribution >= 0.6 is 0 Å². The Morgan fingerprint density at radius 1 is 0.895 bits per heavy atom. The summed E-state index contributed by atoms with van der Waals surface area (Å²) in [6, 6.07) is 20.0. The van der Waals surface area contributed by atoms with Gasteiger partial charge in [-0.05, 0) is 42.7 Å². The summed E-state index contributed by atoms with van der Waals surface area (Å²) in [5.74, 6) is 1.90. The van der Waals surface area contributed by atoms with Crippen LogP contribution in [0, 0.1) is 11.8 Å². The molecule has 0 bridgehead atoms. The van der Waals surface area contributed by atoms with Crippen LogP contribution in [0.25, 0.3) is 0 Å². The standard InChI is InChI=1S/C31H30N2O5/c1-3-19-15-32(16-19)21-8-10-25-27(13-21)37-28-14-22(33-17-20(18-33)12-29(34)36-2)9-11-26(28)31(25)24-7-5-4-6-23(24)30(35)38-31/h4-11,13-14,19-20H,3,12,15-18H2,1-2H3. The molecule has 4 aliphatic rings. The molecule has 38 heavy (non-hydrogen) atoms. The van der Waals surface area contributed by atoms with Crippen molar-refractivity contribution in [1.82, 2.24) is 0 Å². The van der Waals surface area contributed by atoms with E-state index in [9.17, 15) is 9.59 Å². The molecule has 0 aliphatic carbocycles. The second-order valence-electron chi connectivity index (χ2n) is 10.8. The molecule has 1 unspecified atom stereocenters. The lowest BCUT2D eigenvalue weighted by atomic mass is 9.77. The summed E-state index contributed by atoms with van der Waals surface area (Å²) in [4.78, 5) is 29.4. The SMILES string of the molecule is CCC1CN(c2ccc3c(c2)Oc2cc(N4CC(CC(=O)OC)C4)ccc2C32OC(=O)c3ccccc32)C1. The number of fused-ring (bicyclic) bond motifs is 6. The Balaban J connectivity index is 1.29. The van der Waals surface area contributed by atoms with Crippen LogP contribution in [0.4, 0.5) is 11.4 Å². The largest absolute Gasteiger partial charge is 0.469 e. The van der Waals surface area contributed by atoms with Gasteiger partial charge in [-0.15, -0.1) is 0 Å². The number of methoxy groups -OCH3 is 1. The van der Waals surface area contributed by atoms with E-state index in [2.05, 4.69) is 41.0 Å². The van der Waals surface area contributed by atoms with E-state index in [1.54, 1.807) is 0 Å². The predicted octanol–water partition coefficient (Wildman–Crippen LogP) is 5.10.